The maximum atomic E-state index is 11.5. The Balaban J connectivity index is 1.96. The molecule has 3 heterocycles. The van der Waals surface area contributed by atoms with E-state index >= 15 is 0 Å². The predicted octanol–water partition coefficient (Wildman–Crippen LogP) is -0.185. The van der Waals surface area contributed by atoms with Crippen LogP contribution in [0.2, 0.25) is 0 Å². The number of carbonyl (C=O) groups excluding carboxylic acids is 1. The van der Waals surface area contributed by atoms with Crippen LogP contribution in [0.3, 0.4) is 0 Å². The molecule has 2 aromatic heterocycles. The Bertz CT molecular complexity index is 688. The van der Waals surface area contributed by atoms with Crippen molar-refractivity contribution in [1.29, 1.82) is 0 Å². The molecule has 3 atom stereocenters. The fourth-order valence-electron chi connectivity index (χ4n) is 2.45. The van der Waals surface area contributed by atoms with Gasteiger partial charge in [0.05, 0.1) is 19.0 Å². The summed E-state index contributed by atoms with van der Waals surface area (Å²) in [5, 5.41) is 21.9. The fraction of sp³-hybridized carbons (Fsp3) is 0.538. The smallest absolute Gasteiger partial charge is 0.225 e. The van der Waals surface area contributed by atoms with E-state index in [4.69, 9.17) is 9.84 Å². The Kier molecular flexibility index (Phi) is 4.01. The molecule has 118 valence electrons. The average Bonchev–Trinajstić information content (AvgIpc) is 3.10. The number of imidazole rings is 1. The fourth-order valence-corrected chi connectivity index (χ4v) is 2.45. The quantitative estimate of drug-likeness (QED) is 0.715. The molecule has 1 aliphatic rings. The minimum Gasteiger partial charge on any atom is -0.394 e. The van der Waals surface area contributed by atoms with Crippen molar-refractivity contribution in [3.05, 3.63) is 12.7 Å². The normalized spacial score (nSPS) is 24.8. The number of carbonyl (C=O) groups is 1. The van der Waals surface area contributed by atoms with Crippen molar-refractivity contribution < 1.29 is 19.7 Å². The topological polar surface area (TPSA) is 122 Å². The molecule has 0 aliphatic carbocycles. The molecule has 0 bridgehead atoms. The summed E-state index contributed by atoms with van der Waals surface area (Å²) in [6, 6.07) is 0. The zero-order chi connectivity index (χ0) is 15.7. The summed E-state index contributed by atoms with van der Waals surface area (Å²) in [4.78, 5) is 23.9. The number of fused-ring (bicyclic) bond motifs is 1. The molecule has 0 aromatic carbocycles. The number of nitrogens with one attached hydrogen (secondary N) is 1. The van der Waals surface area contributed by atoms with Crippen molar-refractivity contribution in [3.8, 4) is 0 Å². The summed E-state index contributed by atoms with van der Waals surface area (Å²) in [6.07, 6.45) is 1.61. The number of aromatic nitrogens is 4. The molecule has 1 saturated heterocycles. The molecule has 22 heavy (non-hydrogen) atoms. The van der Waals surface area contributed by atoms with Crippen LogP contribution in [0.25, 0.3) is 11.2 Å². The number of rotatable bonds is 4. The van der Waals surface area contributed by atoms with Gasteiger partial charge < -0.3 is 20.3 Å². The second-order valence-corrected chi connectivity index (χ2v) is 5.08. The molecule has 0 saturated carbocycles. The zero-order valence-electron chi connectivity index (χ0n) is 12.0. The van der Waals surface area contributed by atoms with Crippen LogP contribution in [0.15, 0.2) is 12.7 Å². The van der Waals surface area contributed by atoms with Crippen LogP contribution in [0.4, 0.5) is 5.82 Å². The van der Waals surface area contributed by atoms with Gasteiger partial charge in [-0.1, -0.05) is 6.92 Å². The van der Waals surface area contributed by atoms with Gasteiger partial charge in [0.15, 0.2) is 23.2 Å². The molecule has 1 fully saturated rings. The first kappa shape index (κ1) is 14.8. The first-order chi connectivity index (χ1) is 10.6. The highest BCUT2D eigenvalue weighted by Gasteiger charge is 2.36. The van der Waals surface area contributed by atoms with E-state index in [1.165, 1.54) is 12.7 Å². The van der Waals surface area contributed by atoms with Gasteiger partial charge in [0.25, 0.3) is 0 Å². The van der Waals surface area contributed by atoms with Gasteiger partial charge in [-0.2, -0.15) is 0 Å². The molecule has 9 heteroatoms. The number of hydrogen-bond acceptors (Lipinski definition) is 7. The van der Waals surface area contributed by atoms with Crippen LogP contribution in [0.1, 0.15) is 26.0 Å². The summed E-state index contributed by atoms with van der Waals surface area (Å²) in [5.41, 5.74) is 0.872. The highest BCUT2D eigenvalue weighted by Crippen LogP contribution is 2.31. The van der Waals surface area contributed by atoms with Crippen molar-refractivity contribution in [2.45, 2.75) is 38.2 Å². The van der Waals surface area contributed by atoms with E-state index in [0.29, 0.717) is 29.8 Å². The molecule has 1 amide bonds. The Labute approximate surface area is 126 Å². The van der Waals surface area contributed by atoms with Crippen molar-refractivity contribution in [2.75, 3.05) is 11.9 Å². The number of ether oxygens (including phenoxy) is 1. The lowest BCUT2D eigenvalue weighted by Gasteiger charge is -2.16. The number of aliphatic hydroxyl groups excluding tert-OH is 2. The first-order valence-corrected chi connectivity index (χ1v) is 7.05. The molecule has 2 aromatic rings. The molecule has 3 rings (SSSR count). The van der Waals surface area contributed by atoms with Crippen LogP contribution >= 0.6 is 0 Å². The Hall–Kier alpha value is -2.10. The van der Waals surface area contributed by atoms with E-state index in [1.54, 1.807) is 11.5 Å². The van der Waals surface area contributed by atoms with E-state index in [1.807, 2.05) is 0 Å². The molecule has 0 radical (unpaired) electrons. The maximum Gasteiger partial charge on any atom is 0.225 e. The van der Waals surface area contributed by atoms with Crippen LogP contribution in [-0.2, 0) is 9.53 Å². The lowest BCUT2D eigenvalue weighted by atomic mass is 10.2. The monoisotopic (exact) mass is 307 g/mol. The molecule has 1 aliphatic heterocycles. The molecule has 9 nitrogen and oxygen atoms in total. The molecular formula is C13H17N5O4. The van der Waals surface area contributed by atoms with Gasteiger partial charge in [0.1, 0.15) is 12.4 Å². The maximum absolute atomic E-state index is 11.5. The van der Waals surface area contributed by atoms with Gasteiger partial charge in [0, 0.05) is 12.8 Å². The minimum absolute atomic E-state index is 0.160. The van der Waals surface area contributed by atoms with Gasteiger partial charge in [0.2, 0.25) is 5.91 Å². The van der Waals surface area contributed by atoms with Crippen molar-refractivity contribution >= 4 is 22.9 Å². The summed E-state index contributed by atoms with van der Waals surface area (Å²) in [7, 11) is 0. The first-order valence-electron chi connectivity index (χ1n) is 7.05. The van der Waals surface area contributed by atoms with E-state index in [-0.39, 0.29) is 12.5 Å². The summed E-state index contributed by atoms with van der Waals surface area (Å²) >= 11 is 0. The van der Waals surface area contributed by atoms with E-state index in [9.17, 15) is 9.90 Å². The lowest BCUT2D eigenvalue weighted by Crippen LogP contribution is -2.19. The molecule has 1 unspecified atom stereocenters. The predicted molar refractivity (Wildman–Crippen MR) is 75.9 cm³/mol. The number of anilines is 1. The van der Waals surface area contributed by atoms with Gasteiger partial charge in [-0.15, -0.1) is 0 Å². The van der Waals surface area contributed by atoms with E-state index in [2.05, 4.69) is 20.3 Å². The van der Waals surface area contributed by atoms with Crippen LogP contribution in [0.5, 0.6) is 0 Å². The summed E-state index contributed by atoms with van der Waals surface area (Å²) < 4.78 is 7.17. The highest BCUT2D eigenvalue weighted by atomic mass is 16.5. The van der Waals surface area contributed by atoms with Crippen molar-refractivity contribution in [2.24, 2.45) is 0 Å². The minimum atomic E-state index is -0.766. The van der Waals surface area contributed by atoms with Crippen LogP contribution in [-0.4, -0.2) is 54.5 Å². The number of aliphatic hydroxyl groups is 2. The number of nitrogens with zero attached hydrogens (tertiary/aromatic N) is 4. The van der Waals surface area contributed by atoms with Gasteiger partial charge >= 0.3 is 0 Å². The molecule has 3 N–H and O–H groups in total. The van der Waals surface area contributed by atoms with Crippen molar-refractivity contribution in [3.63, 3.8) is 0 Å². The van der Waals surface area contributed by atoms with Crippen LogP contribution in [0, 0.1) is 0 Å². The molecule has 0 spiro atoms. The number of hydrogen-bond donors (Lipinski definition) is 3. The largest absolute Gasteiger partial charge is 0.394 e. The van der Waals surface area contributed by atoms with Gasteiger partial charge in [-0.25, -0.2) is 15.0 Å². The third-order valence-electron chi connectivity index (χ3n) is 3.58. The standard InChI is InChI=1S/C13H17N5O4/c1-2-9(21)17-11-10-12(15-5-14-11)18(6-16-10)13-8(20)3-7(4-19)22-13/h5-8,13,19-20H,2-4H2,1H3,(H,14,15,17,21)/t7-,8?,13-/m1/s1. The Morgan fingerprint density at radius 2 is 2.32 bits per heavy atom. The summed E-state index contributed by atoms with van der Waals surface area (Å²) in [5.74, 6) is 0.147. The van der Waals surface area contributed by atoms with E-state index < -0.39 is 18.4 Å². The Morgan fingerprint density at radius 3 is 3.00 bits per heavy atom. The van der Waals surface area contributed by atoms with E-state index in [0.717, 1.165) is 0 Å². The SMILES string of the molecule is CCC(=O)Nc1ncnc2c1ncn2[C@@H]1O[C@@H](CO)CC1O. The van der Waals surface area contributed by atoms with Gasteiger partial charge in [-0.05, 0) is 0 Å². The highest BCUT2D eigenvalue weighted by molar-refractivity contribution is 5.96. The average molecular weight is 307 g/mol. The Morgan fingerprint density at radius 1 is 1.50 bits per heavy atom. The van der Waals surface area contributed by atoms with Crippen LogP contribution < -0.4 is 5.32 Å². The molecular weight excluding hydrogens is 290 g/mol. The third kappa shape index (κ3) is 2.54. The lowest BCUT2D eigenvalue weighted by molar-refractivity contribution is -0.115. The van der Waals surface area contributed by atoms with Crippen molar-refractivity contribution in [1.82, 2.24) is 19.5 Å². The second kappa shape index (κ2) is 5.95. The van der Waals surface area contributed by atoms with Gasteiger partial charge in [-0.3, -0.25) is 9.36 Å². The summed E-state index contributed by atoms with van der Waals surface area (Å²) in [6.45, 7) is 1.58. The zero-order valence-corrected chi connectivity index (χ0v) is 12.0. The second-order valence-electron chi connectivity index (χ2n) is 5.08. The third-order valence-corrected chi connectivity index (χ3v) is 3.58. The number of amides is 1.